The topological polar surface area (TPSA) is 52.7 Å². The summed E-state index contributed by atoms with van der Waals surface area (Å²) in [6.45, 7) is 2.56. The molecule has 7 heteroatoms. The minimum atomic E-state index is -0.263. The number of aromatic nitrogens is 4. The SMILES string of the molecule is Cc1cscc1-n1c2cccn(Cc3ccc(Cl)nc3)c-2nc1=O. The van der Waals surface area contributed by atoms with E-state index in [0.29, 0.717) is 17.5 Å². The molecule has 0 aliphatic carbocycles. The fourth-order valence-corrected chi connectivity index (χ4v) is 3.63. The first kappa shape index (κ1) is 15.1. The van der Waals surface area contributed by atoms with Gasteiger partial charge in [-0.05, 0) is 41.6 Å². The number of halogens is 1. The van der Waals surface area contributed by atoms with E-state index < -0.39 is 0 Å². The minimum absolute atomic E-state index is 0.263. The molecule has 0 N–H and O–H groups in total. The number of pyridine rings is 2. The molecule has 24 heavy (non-hydrogen) atoms. The van der Waals surface area contributed by atoms with Crippen molar-refractivity contribution in [2.75, 3.05) is 0 Å². The second-order valence-corrected chi connectivity index (χ2v) is 6.63. The number of hydrogen-bond acceptors (Lipinski definition) is 4. The van der Waals surface area contributed by atoms with E-state index in [9.17, 15) is 4.79 Å². The molecule has 0 saturated carbocycles. The van der Waals surface area contributed by atoms with Crippen molar-refractivity contribution in [1.29, 1.82) is 0 Å². The number of hydrogen-bond donors (Lipinski definition) is 0. The molecule has 2 aromatic rings. The van der Waals surface area contributed by atoms with E-state index in [4.69, 9.17) is 11.6 Å². The largest absolute Gasteiger partial charge is 0.354 e. The lowest BCUT2D eigenvalue weighted by atomic mass is 10.2. The molecule has 4 rings (SSSR count). The highest BCUT2D eigenvalue weighted by Crippen LogP contribution is 2.25. The Morgan fingerprint density at radius 1 is 1.25 bits per heavy atom. The van der Waals surface area contributed by atoms with E-state index in [1.807, 2.05) is 46.6 Å². The molecule has 0 aromatic carbocycles. The Labute approximate surface area is 147 Å². The first-order valence-electron chi connectivity index (χ1n) is 7.35. The maximum atomic E-state index is 12.5. The van der Waals surface area contributed by atoms with Crippen LogP contribution >= 0.6 is 22.9 Å². The standard InChI is InChI=1S/C17H13ClN4OS/c1-11-9-24-10-14(11)22-13-3-2-6-21(16(13)20-17(22)23)8-12-4-5-15(18)19-7-12/h2-7,9-10H,8H2,1H3. The van der Waals surface area contributed by atoms with E-state index in [1.54, 1.807) is 28.2 Å². The Kier molecular flexibility index (Phi) is 3.70. The third kappa shape index (κ3) is 2.53. The molecule has 0 saturated heterocycles. The second kappa shape index (κ2) is 5.89. The van der Waals surface area contributed by atoms with Crippen LogP contribution in [0.5, 0.6) is 0 Å². The molecule has 5 nitrogen and oxygen atoms in total. The number of aryl methyl sites for hydroxylation is 1. The maximum Gasteiger partial charge on any atom is 0.354 e. The van der Waals surface area contributed by atoms with Gasteiger partial charge in [0.15, 0.2) is 5.82 Å². The van der Waals surface area contributed by atoms with Gasteiger partial charge in [-0.2, -0.15) is 4.98 Å². The van der Waals surface area contributed by atoms with Gasteiger partial charge in [-0.25, -0.2) is 9.78 Å². The van der Waals surface area contributed by atoms with E-state index in [0.717, 1.165) is 22.5 Å². The predicted octanol–water partition coefficient (Wildman–Crippen LogP) is 3.61. The molecule has 4 heterocycles. The second-order valence-electron chi connectivity index (χ2n) is 5.50. The van der Waals surface area contributed by atoms with Crippen LogP contribution in [0.2, 0.25) is 5.15 Å². The normalized spacial score (nSPS) is 11.2. The van der Waals surface area contributed by atoms with Crippen LogP contribution in [0.4, 0.5) is 0 Å². The van der Waals surface area contributed by atoms with Crippen molar-refractivity contribution in [3.63, 3.8) is 0 Å². The summed E-state index contributed by atoms with van der Waals surface area (Å²) in [7, 11) is 0. The maximum absolute atomic E-state index is 12.5. The van der Waals surface area contributed by atoms with Crippen LogP contribution in [-0.2, 0) is 6.54 Å². The van der Waals surface area contributed by atoms with Crippen molar-refractivity contribution in [2.24, 2.45) is 0 Å². The van der Waals surface area contributed by atoms with Crippen molar-refractivity contribution in [3.8, 4) is 17.2 Å². The Bertz CT molecular complexity index is 1030. The highest BCUT2D eigenvalue weighted by atomic mass is 35.5. The predicted molar refractivity (Wildman–Crippen MR) is 95.4 cm³/mol. The van der Waals surface area contributed by atoms with Crippen molar-refractivity contribution >= 4 is 22.9 Å². The lowest BCUT2D eigenvalue weighted by Crippen LogP contribution is -2.14. The quantitative estimate of drug-likeness (QED) is 0.527. The zero-order valence-corrected chi connectivity index (χ0v) is 14.4. The number of rotatable bonds is 3. The van der Waals surface area contributed by atoms with Gasteiger partial charge in [0.05, 0.1) is 17.9 Å². The van der Waals surface area contributed by atoms with E-state index in [1.165, 1.54) is 0 Å². The third-order valence-electron chi connectivity index (χ3n) is 3.87. The van der Waals surface area contributed by atoms with Crippen LogP contribution in [0, 0.1) is 6.92 Å². The lowest BCUT2D eigenvalue weighted by Gasteiger charge is -2.12. The summed E-state index contributed by atoms with van der Waals surface area (Å²) in [5.41, 5.74) is 3.48. The summed E-state index contributed by atoms with van der Waals surface area (Å²) in [6.07, 6.45) is 3.64. The molecule has 2 aliphatic rings. The molecular weight excluding hydrogens is 344 g/mol. The molecule has 0 radical (unpaired) electrons. The average Bonchev–Trinajstić information content (AvgIpc) is 3.12. The van der Waals surface area contributed by atoms with Crippen molar-refractivity contribution in [2.45, 2.75) is 13.5 Å². The average molecular weight is 357 g/mol. The molecule has 2 aromatic heterocycles. The molecule has 0 spiro atoms. The molecule has 2 aliphatic heterocycles. The Hall–Kier alpha value is -2.44. The molecule has 0 fully saturated rings. The monoisotopic (exact) mass is 356 g/mol. The van der Waals surface area contributed by atoms with Gasteiger partial charge < -0.3 is 4.57 Å². The van der Waals surface area contributed by atoms with Gasteiger partial charge in [-0.15, -0.1) is 11.3 Å². The highest BCUT2D eigenvalue weighted by Gasteiger charge is 2.19. The van der Waals surface area contributed by atoms with Gasteiger partial charge in [-0.1, -0.05) is 17.7 Å². The van der Waals surface area contributed by atoms with Crippen LogP contribution in [0.3, 0.4) is 0 Å². The van der Waals surface area contributed by atoms with E-state index in [2.05, 4.69) is 9.97 Å². The van der Waals surface area contributed by atoms with Crippen LogP contribution in [0.1, 0.15) is 11.1 Å². The smallest absolute Gasteiger partial charge is 0.327 e. The Balaban J connectivity index is 1.80. The van der Waals surface area contributed by atoms with Gasteiger partial charge in [0.2, 0.25) is 0 Å². The molecule has 0 amide bonds. The lowest BCUT2D eigenvalue weighted by molar-refractivity contribution is 0.779. The third-order valence-corrected chi connectivity index (χ3v) is 4.94. The van der Waals surface area contributed by atoms with Gasteiger partial charge in [-0.3, -0.25) is 4.57 Å². The Morgan fingerprint density at radius 3 is 2.83 bits per heavy atom. The summed E-state index contributed by atoms with van der Waals surface area (Å²) in [6, 6.07) is 7.51. The zero-order valence-electron chi connectivity index (χ0n) is 12.8. The number of thiophene rings is 1. The van der Waals surface area contributed by atoms with E-state index in [-0.39, 0.29) is 5.69 Å². The van der Waals surface area contributed by atoms with Gasteiger partial charge in [0.1, 0.15) is 5.15 Å². The number of imidazole rings is 1. The summed E-state index contributed by atoms with van der Waals surface area (Å²) < 4.78 is 3.61. The highest BCUT2D eigenvalue weighted by molar-refractivity contribution is 7.08. The Morgan fingerprint density at radius 2 is 2.12 bits per heavy atom. The van der Waals surface area contributed by atoms with Crippen LogP contribution in [-0.4, -0.2) is 19.1 Å². The van der Waals surface area contributed by atoms with Crippen molar-refractivity contribution < 1.29 is 0 Å². The fraction of sp³-hybridized carbons (Fsp3) is 0.118. The number of fused-ring (bicyclic) bond motifs is 1. The first-order valence-corrected chi connectivity index (χ1v) is 8.67. The number of nitrogens with zero attached hydrogens (tertiary/aromatic N) is 4. The van der Waals surface area contributed by atoms with Crippen molar-refractivity contribution in [1.82, 2.24) is 19.1 Å². The van der Waals surface area contributed by atoms with Gasteiger partial charge >= 0.3 is 5.69 Å². The summed E-state index contributed by atoms with van der Waals surface area (Å²) in [5.74, 6) is 0.656. The summed E-state index contributed by atoms with van der Waals surface area (Å²) in [5, 5.41) is 4.45. The first-order chi connectivity index (χ1) is 11.6. The fourth-order valence-electron chi connectivity index (χ4n) is 2.71. The summed E-state index contributed by atoms with van der Waals surface area (Å²) in [4.78, 5) is 20.8. The van der Waals surface area contributed by atoms with Gasteiger partial charge in [0.25, 0.3) is 0 Å². The zero-order chi connectivity index (χ0) is 16.7. The van der Waals surface area contributed by atoms with Crippen LogP contribution in [0.25, 0.3) is 17.2 Å². The van der Waals surface area contributed by atoms with Gasteiger partial charge in [0, 0.05) is 17.8 Å². The van der Waals surface area contributed by atoms with Crippen molar-refractivity contribution in [3.05, 3.63) is 74.2 Å². The molecule has 0 bridgehead atoms. The molecule has 120 valence electrons. The summed E-state index contributed by atoms with van der Waals surface area (Å²) >= 11 is 7.41. The van der Waals surface area contributed by atoms with E-state index >= 15 is 0 Å². The molecule has 0 unspecified atom stereocenters. The van der Waals surface area contributed by atoms with Crippen LogP contribution in [0.15, 0.2) is 52.2 Å². The minimum Gasteiger partial charge on any atom is -0.327 e. The molecular formula is C17H13ClN4OS. The molecule has 0 atom stereocenters. The van der Waals surface area contributed by atoms with Crippen LogP contribution < -0.4 is 5.69 Å².